The van der Waals surface area contributed by atoms with Gasteiger partial charge in [0.2, 0.25) is 5.82 Å². The Kier molecular flexibility index (Phi) is 7.64. The van der Waals surface area contributed by atoms with Gasteiger partial charge in [0.05, 0.1) is 19.3 Å². The third-order valence-corrected chi connectivity index (χ3v) is 5.19. The molecule has 2 aromatic carbocycles. The van der Waals surface area contributed by atoms with Crippen molar-refractivity contribution >= 4 is 6.08 Å². The van der Waals surface area contributed by atoms with Crippen molar-refractivity contribution in [2.24, 2.45) is 0 Å². The lowest BCUT2D eigenvalue weighted by Crippen LogP contribution is -2.30. The Hall–Kier alpha value is -2.40. The smallest absolute Gasteiger partial charge is 0.200 e. The second kappa shape index (κ2) is 10.4. The normalized spacial score (nSPS) is 19.0. The molecule has 0 amide bonds. The minimum atomic E-state index is -0.910. The van der Waals surface area contributed by atoms with Gasteiger partial charge in [-0.25, -0.2) is 4.39 Å². The maximum absolute atomic E-state index is 14.5. The first kappa shape index (κ1) is 21.3. The summed E-state index contributed by atoms with van der Waals surface area (Å²) in [4.78, 5) is 0. The summed E-state index contributed by atoms with van der Waals surface area (Å²) in [6.45, 7) is 6.90. The van der Waals surface area contributed by atoms with Crippen molar-refractivity contribution in [2.75, 3.05) is 19.8 Å². The maximum Gasteiger partial charge on any atom is 0.200 e. The fraction of sp³-hybridized carbons (Fsp3) is 0.417. The third kappa shape index (κ3) is 5.57. The predicted octanol–water partition coefficient (Wildman–Crippen LogP) is 6.13. The van der Waals surface area contributed by atoms with Gasteiger partial charge in [0, 0.05) is 5.92 Å². The van der Waals surface area contributed by atoms with Gasteiger partial charge < -0.3 is 14.2 Å². The summed E-state index contributed by atoms with van der Waals surface area (Å²) >= 11 is 0. The summed E-state index contributed by atoms with van der Waals surface area (Å²) < 4.78 is 45.8. The van der Waals surface area contributed by atoms with Crippen LogP contribution >= 0.6 is 0 Å². The molecule has 29 heavy (non-hydrogen) atoms. The average molecular weight is 402 g/mol. The lowest BCUT2D eigenvalue weighted by Gasteiger charge is -2.29. The van der Waals surface area contributed by atoms with Gasteiger partial charge in [-0.3, -0.25) is 0 Å². The summed E-state index contributed by atoms with van der Waals surface area (Å²) in [6.07, 6.45) is 4.91. The summed E-state index contributed by atoms with van der Waals surface area (Å²) in [6, 6.07) is 10.8. The van der Waals surface area contributed by atoms with Crippen LogP contribution in [0.3, 0.4) is 0 Å². The van der Waals surface area contributed by atoms with E-state index in [-0.39, 0.29) is 17.8 Å². The van der Waals surface area contributed by atoms with Gasteiger partial charge in [0.1, 0.15) is 12.4 Å². The van der Waals surface area contributed by atoms with Crippen LogP contribution in [0.25, 0.3) is 6.08 Å². The van der Waals surface area contributed by atoms with Crippen molar-refractivity contribution in [2.45, 2.75) is 44.6 Å². The second-order valence-electron chi connectivity index (χ2n) is 7.30. The molecule has 0 N–H and O–H groups in total. The number of benzene rings is 2. The van der Waals surface area contributed by atoms with Gasteiger partial charge in [0.15, 0.2) is 11.6 Å². The van der Waals surface area contributed by atoms with Gasteiger partial charge in [-0.05, 0) is 48.6 Å². The zero-order valence-electron chi connectivity index (χ0n) is 16.8. The van der Waals surface area contributed by atoms with E-state index in [4.69, 9.17) is 14.2 Å². The van der Waals surface area contributed by atoms with Crippen LogP contribution in [0.15, 0.2) is 43.0 Å². The van der Waals surface area contributed by atoms with Crippen molar-refractivity contribution in [3.63, 3.8) is 0 Å². The molecule has 0 saturated carbocycles. The Morgan fingerprint density at radius 3 is 2.52 bits per heavy atom. The minimum Gasteiger partial charge on any atom is -0.491 e. The van der Waals surface area contributed by atoms with Crippen molar-refractivity contribution in [3.8, 4) is 11.5 Å². The number of unbranched alkanes of at least 4 members (excludes halogenated alkanes) is 1. The molecule has 0 spiro atoms. The quantitative estimate of drug-likeness (QED) is 0.472. The largest absolute Gasteiger partial charge is 0.491 e. The van der Waals surface area contributed by atoms with E-state index in [1.54, 1.807) is 12.1 Å². The highest BCUT2D eigenvalue weighted by Crippen LogP contribution is 2.33. The Balaban J connectivity index is 1.52. The third-order valence-electron chi connectivity index (χ3n) is 5.19. The highest BCUT2D eigenvalue weighted by atomic mass is 19.2. The number of hydrogen-bond acceptors (Lipinski definition) is 3. The average Bonchev–Trinajstić information content (AvgIpc) is 2.76. The summed E-state index contributed by atoms with van der Waals surface area (Å²) in [5, 5.41) is 0. The molecule has 5 heteroatoms. The molecule has 0 aliphatic carbocycles. The van der Waals surface area contributed by atoms with Crippen LogP contribution < -0.4 is 9.47 Å². The fourth-order valence-electron chi connectivity index (χ4n) is 3.37. The molecule has 1 heterocycles. The number of halogens is 2. The molecule has 156 valence electrons. The van der Waals surface area contributed by atoms with Gasteiger partial charge in [-0.15, -0.1) is 0 Å². The number of ether oxygens (including phenoxy) is 3. The van der Waals surface area contributed by atoms with Crippen LogP contribution in [-0.4, -0.2) is 25.9 Å². The highest BCUT2D eigenvalue weighted by Gasteiger charge is 2.27. The van der Waals surface area contributed by atoms with Crippen LogP contribution in [0.5, 0.6) is 11.5 Å². The SMILES string of the molecule is C=Cc1ccc(OCC2CCC(c3ccc(OCCCC)c(F)c3F)CO2)cc1. The van der Waals surface area contributed by atoms with E-state index in [1.807, 2.05) is 31.2 Å². The fourth-order valence-corrected chi connectivity index (χ4v) is 3.37. The van der Waals surface area contributed by atoms with Crippen LogP contribution in [0, 0.1) is 11.6 Å². The van der Waals surface area contributed by atoms with Crippen molar-refractivity contribution in [1.29, 1.82) is 0 Å². The number of hydrogen-bond donors (Lipinski definition) is 0. The molecule has 2 unspecified atom stereocenters. The topological polar surface area (TPSA) is 27.7 Å². The predicted molar refractivity (Wildman–Crippen MR) is 111 cm³/mol. The molecule has 1 fully saturated rings. The minimum absolute atomic E-state index is 0.0230. The first-order valence-electron chi connectivity index (χ1n) is 10.2. The van der Waals surface area contributed by atoms with Crippen LogP contribution in [0.4, 0.5) is 8.78 Å². The Morgan fingerprint density at radius 2 is 1.86 bits per heavy atom. The van der Waals surface area contributed by atoms with Gasteiger partial charge in [-0.2, -0.15) is 4.39 Å². The zero-order valence-corrected chi connectivity index (χ0v) is 16.8. The molecule has 1 aliphatic heterocycles. The van der Waals surface area contributed by atoms with Gasteiger partial charge in [-0.1, -0.05) is 44.2 Å². The molecule has 0 radical (unpaired) electrons. The zero-order chi connectivity index (χ0) is 20.6. The second-order valence-corrected chi connectivity index (χ2v) is 7.30. The molecule has 1 saturated heterocycles. The molecule has 3 rings (SSSR count). The molecule has 0 bridgehead atoms. The first-order valence-corrected chi connectivity index (χ1v) is 10.2. The van der Waals surface area contributed by atoms with Crippen molar-refractivity contribution in [3.05, 3.63) is 65.7 Å². The van der Waals surface area contributed by atoms with Crippen LogP contribution in [-0.2, 0) is 4.74 Å². The van der Waals surface area contributed by atoms with E-state index in [0.717, 1.165) is 37.0 Å². The van der Waals surface area contributed by atoms with E-state index in [2.05, 4.69) is 6.58 Å². The Bertz CT molecular complexity index is 797. The monoisotopic (exact) mass is 402 g/mol. The summed E-state index contributed by atoms with van der Waals surface area (Å²) in [7, 11) is 0. The molecule has 2 atom stereocenters. The molecule has 2 aromatic rings. The van der Waals surface area contributed by atoms with E-state index in [9.17, 15) is 8.78 Å². The van der Waals surface area contributed by atoms with Crippen LogP contribution in [0.1, 0.15) is 49.7 Å². The summed E-state index contributed by atoms with van der Waals surface area (Å²) in [5.74, 6) is -1.16. The molecular weight excluding hydrogens is 374 g/mol. The molecule has 3 nitrogen and oxygen atoms in total. The van der Waals surface area contributed by atoms with Crippen LogP contribution in [0.2, 0.25) is 0 Å². The lowest BCUT2D eigenvalue weighted by molar-refractivity contribution is -0.0218. The van der Waals surface area contributed by atoms with E-state index in [1.165, 1.54) is 6.07 Å². The lowest BCUT2D eigenvalue weighted by atomic mass is 9.91. The summed E-state index contributed by atoms with van der Waals surface area (Å²) in [5.41, 5.74) is 1.38. The highest BCUT2D eigenvalue weighted by molar-refractivity contribution is 5.48. The first-order chi connectivity index (χ1) is 14.1. The molecule has 0 aromatic heterocycles. The molecule has 1 aliphatic rings. The van der Waals surface area contributed by atoms with Gasteiger partial charge >= 0.3 is 0 Å². The van der Waals surface area contributed by atoms with Gasteiger partial charge in [0.25, 0.3) is 0 Å². The van der Waals surface area contributed by atoms with E-state index in [0.29, 0.717) is 25.4 Å². The van der Waals surface area contributed by atoms with E-state index < -0.39 is 11.6 Å². The van der Waals surface area contributed by atoms with E-state index >= 15 is 0 Å². The standard InChI is InChI=1S/C24H28F2O3/c1-3-5-14-27-22-13-12-21(23(25)24(22)26)18-8-11-20(28-15-18)16-29-19-9-6-17(4-2)7-10-19/h4,6-7,9-10,12-13,18,20H,2-3,5,8,11,14-16H2,1H3. The maximum atomic E-state index is 14.5. The molecular formula is C24H28F2O3. The Labute approximate surface area is 171 Å². The Morgan fingerprint density at radius 1 is 1.07 bits per heavy atom. The van der Waals surface area contributed by atoms with Crippen molar-refractivity contribution in [1.82, 2.24) is 0 Å². The number of rotatable bonds is 9. The van der Waals surface area contributed by atoms with Crippen molar-refractivity contribution < 1.29 is 23.0 Å².